The van der Waals surface area contributed by atoms with E-state index in [1.807, 2.05) is 0 Å². The van der Waals surface area contributed by atoms with Gasteiger partial charge >= 0.3 is 0 Å². The molecule has 0 atom stereocenters. The molecule has 21 heavy (non-hydrogen) atoms. The Morgan fingerprint density at radius 3 is 2.76 bits per heavy atom. The Kier molecular flexibility index (Phi) is 3.09. The summed E-state index contributed by atoms with van der Waals surface area (Å²) < 4.78 is 38.4. The normalized spacial score (nSPS) is 11.7. The fraction of sp³-hybridized carbons (Fsp3) is 0.0769. The van der Waals surface area contributed by atoms with E-state index in [4.69, 9.17) is 0 Å². The Balaban J connectivity index is 2.08. The molecule has 3 rings (SSSR count). The molecule has 0 aliphatic rings. The number of halogens is 1. The van der Waals surface area contributed by atoms with Crippen molar-refractivity contribution >= 4 is 26.7 Å². The van der Waals surface area contributed by atoms with Gasteiger partial charge in [0.05, 0.1) is 17.6 Å². The van der Waals surface area contributed by atoms with Gasteiger partial charge in [-0.3, -0.25) is 4.72 Å². The number of fused-ring (bicyclic) bond motifs is 1. The third kappa shape index (κ3) is 2.70. The fourth-order valence-electron chi connectivity index (χ4n) is 2.05. The third-order valence-electron chi connectivity index (χ3n) is 2.89. The van der Waals surface area contributed by atoms with Crippen LogP contribution < -0.4 is 4.72 Å². The Morgan fingerprint density at radius 1 is 1.24 bits per heavy atom. The van der Waals surface area contributed by atoms with Gasteiger partial charge in [0.25, 0.3) is 0 Å². The lowest BCUT2D eigenvalue weighted by molar-refractivity contribution is 0.604. The van der Waals surface area contributed by atoms with Crippen LogP contribution in [0.25, 0.3) is 22.3 Å². The van der Waals surface area contributed by atoms with E-state index in [0.29, 0.717) is 16.9 Å². The molecule has 3 aromatic rings. The number of hydrogen-bond donors (Lipinski definition) is 2. The number of anilines is 1. The lowest BCUT2D eigenvalue weighted by Crippen LogP contribution is -2.10. The Bertz CT molecular complexity index is 921. The van der Waals surface area contributed by atoms with Crippen LogP contribution in [0.2, 0.25) is 0 Å². The summed E-state index contributed by atoms with van der Waals surface area (Å²) in [5.74, 6) is -0.666. The zero-order valence-electron chi connectivity index (χ0n) is 11.0. The van der Waals surface area contributed by atoms with Crippen molar-refractivity contribution in [3.8, 4) is 11.3 Å². The van der Waals surface area contributed by atoms with Crippen LogP contribution in [0.5, 0.6) is 0 Å². The molecule has 2 N–H and O–H groups in total. The Hall–Kier alpha value is -2.48. The van der Waals surface area contributed by atoms with Crippen molar-refractivity contribution in [2.24, 2.45) is 0 Å². The number of H-pyrrole nitrogens is 1. The number of rotatable bonds is 3. The molecule has 0 unspecified atom stereocenters. The second-order valence-electron chi connectivity index (χ2n) is 4.53. The van der Waals surface area contributed by atoms with E-state index < -0.39 is 15.8 Å². The molecule has 0 saturated carbocycles. The number of hydrogen-bond acceptors (Lipinski definition) is 4. The lowest BCUT2D eigenvalue weighted by atomic mass is 10.1. The van der Waals surface area contributed by atoms with Crippen LogP contribution in [-0.4, -0.2) is 29.6 Å². The standard InChI is InChI=1S/C13H11FN4O2S/c1-21(19,20)18-11-3-2-8(6-10(11)14)12-9-4-5-15-13(9)17-7-16-12/h2-7,18H,1H3,(H,15,16,17). The van der Waals surface area contributed by atoms with Crippen molar-refractivity contribution in [1.82, 2.24) is 15.0 Å². The molecule has 0 aliphatic carbocycles. The van der Waals surface area contributed by atoms with Crippen LogP contribution in [-0.2, 0) is 10.0 Å². The second-order valence-corrected chi connectivity index (χ2v) is 6.28. The number of sulfonamides is 1. The van der Waals surface area contributed by atoms with Crippen LogP contribution in [0, 0.1) is 5.82 Å². The molecule has 8 heteroatoms. The van der Waals surface area contributed by atoms with Crippen molar-refractivity contribution in [3.05, 3.63) is 42.6 Å². The van der Waals surface area contributed by atoms with Gasteiger partial charge in [-0.05, 0) is 18.2 Å². The number of aromatic nitrogens is 3. The fourth-order valence-corrected chi connectivity index (χ4v) is 2.61. The van der Waals surface area contributed by atoms with E-state index in [2.05, 4.69) is 19.7 Å². The molecule has 0 aliphatic heterocycles. The Morgan fingerprint density at radius 2 is 2.05 bits per heavy atom. The first-order valence-corrected chi connectivity index (χ1v) is 7.89. The number of benzene rings is 1. The molecule has 2 heterocycles. The van der Waals surface area contributed by atoms with E-state index in [1.165, 1.54) is 18.5 Å². The molecule has 0 radical (unpaired) electrons. The quantitative estimate of drug-likeness (QED) is 0.776. The highest BCUT2D eigenvalue weighted by atomic mass is 32.2. The smallest absolute Gasteiger partial charge is 0.229 e. The van der Waals surface area contributed by atoms with E-state index in [-0.39, 0.29) is 5.69 Å². The summed E-state index contributed by atoms with van der Waals surface area (Å²) >= 11 is 0. The summed E-state index contributed by atoms with van der Waals surface area (Å²) in [7, 11) is -3.52. The summed E-state index contributed by atoms with van der Waals surface area (Å²) in [5.41, 5.74) is 1.67. The molecule has 6 nitrogen and oxygen atoms in total. The van der Waals surface area contributed by atoms with Gasteiger partial charge in [0, 0.05) is 17.1 Å². The van der Waals surface area contributed by atoms with Gasteiger partial charge in [-0.15, -0.1) is 0 Å². The molecule has 1 aromatic carbocycles. The number of nitrogens with one attached hydrogen (secondary N) is 2. The van der Waals surface area contributed by atoms with Gasteiger partial charge in [-0.25, -0.2) is 22.8 Å². The van der Waals surface area contributed by atoms with Crippen molar-refractivity contribution in [1.29, 1.82) is 0 Å². The minimum absolute atomic E-state index is 0.0966. The highest BCUT2D eigenvalue weighted by Crippen LogP contribution is 2.27. The van der Waals surface area contributed by atoms with Crippen LogP contribution >= 0.6 is 0 Å². The monoisotopic (exact) mass is 306 g/mol. The molecule has 0 amide bonds. The first-order valence-electron chi connectivity index (χ1n) is 6.00. The first kappa shape index (κ1) is 13.5. The zero-order chi connectivity index (χ0) is 15.0. The number of nitrogens with zero attached hydrogens (tertiary/aromatic N) is 2. The Labute approximate surface area is 120 Å². The van der Waals surface area contributed by atoms with E-state index in [0.717, 1.165) is 11.6 Å². The highest BCUT2D eigenvalue weighted by Gasteiger charge is 2.12. The van der Waals surface area contributed by atoms with Gasteiger partial charge in [0.1, 0.15) is 17.8 Å². The third-order valence-corrected chi connectivity index (χ3v) is 3.48. The predicted molar refractivity (Wildman–Crippen MR) is 77.7 cm³/mol. The average molecular weight is 306 g/mol. The molecule has 108 valence electrons. The van der Waals surface area contributed by atoms with Gasteiger partial charge in [-0.2, -0.15) is 0 Å². The molecule has 0 spiro atoms. The summed E-state index contributed by atoms with van der Waals surface area (Å²) in [6, 6.07) is 6.01. The maximum absolute atomic E-state index is 14.0. The first-order chi connectivity index (χ1) is 9.94. The molecular formula is C13H11FN4O2S. The maximum atomic E-state index is 14.0. The molecule has 2 aromatic heterocycles. The van der Waals surface area contributed by atoms with Crippen LogP contribution in [0.1, 0.15) is 0 Å². The summed E-state index contributed by atoms with van der Waals surface area (Å²) in [5, 5.41) is 0.765. The minimum atomic E-state index is -3.52. The summed E-state index contributed by atoms with van der Waals surface area (Å²) in [6.45, 7) is 0. The van der Waals surface area contributed by atoms with Gasteiger partial charge in [0.2, 0.25) is 10.0 Å². The summed E-state index contributed by atoms with van der Waals surface area (Å²) in [6.07, 6.45) is 4.07. The van der Waals surface area contributed by atoms with Gasteiger partial charge in [0.15, 0.2) is 0 Å². The molecule has 0 fully saturated rings. The predicted octanol–water partition coefficient (Wildman–Crippen LogP) is 2.14. The number of aromatic amines is 1. The average Bonchev–Trinajstić information content (AvgIpc) is 2.88. The summed E-state index contributed by atoms with van der Waals surface area (Å²) in [4.78, 5) is 11.2. The molecule has 0 bridgehead atoms. The maximum Gasteiger partial charge on any atom is 0.229 e. The van der Waals surface area contributed by atoms with Crippen molar-refractivity contribution in [2.45, 2.75) is 0 Å². The van der Waals surface area contributed by atoms with E-state index in [1.54, 1.807) is 18.3 Å². The van der Waals surface area contributed by atoms with Crippen LogP contribution in [0.3, 0.4) is 0 Å². The lowest BCUT2D eigenvalue weighted by Gasteiger charge is -2.07. The topological polar surface area (TPSA) is 87.7 Å². The van der Waals surface area contributed by atoms with Crippen LogP contribution in [0.15, 0.2) is 36.8 Å². The zero-order valence-corrected chi connectivity index (χ0v) is 11.8. The minimum Gasteiger partial charge on any atom is -0.346 e. The van der Waals surface area contributed by atoms with Crippen molar-refractivity contribution < 1.29 is 12.8 Å². The largest absolute Gasteiger partial charge is 0.346 e. The molecule has 0 saturated heterocycles. The van der Waals surface area contributed by atoms with Crippen LogP contribution in [0.4, 0.5) is 10.1 Å². The van der Waals surface area contributed by atoms with Gasteiger partial charge in [-0.1, -0.05) is 6.07 Å². The highest BCUT2D eigenvalue weighted by molar-refractivity contribution is 7.92. The SMILES string of the molecule is CS(=O)(=O)Nc1ccc(-c2ncnc3[nH]ccc23)cc1F. The van der Waals surface area contributed by atoms with Gasteiger partial charge < -0.3 is 4.98 Å². The van der Waals surface area contributed by atoms with E-state index >= 15 is 0 Å². The van der Waals surface area contributed by atoms with Crippen molar-refractivity contribution in [3.63, 3.8) is 0 Å². The second kappa shape index (κ2) is 4.81. The van der Waals surface area contributed by atoms with Crippen molar-refractivity contribution in [2.75, 3.05) is 11.0 Å². The molecular weight excluding hydrogens is 295 g/mol. The van der Waals surface area contributed by atoms with E-state index in [9.17, 15) is 12.8 Å².